The molecule has 0 bridgehead atoms. The van der Waals surface area contributed by atoms with Crippen LogP contribution in [0.1, 0.15) is 21.5 Å². The summed E-state index contributed by atoms with van der Waals surface area (Å²) in [5.41, 5.74) is 1.92. The number of rotatable bonds is 5. The molecule has 1 amide bonds. The largest absolute Gasteiger partial charge is 0.497 e. The molecule has 0 aliphatic carbocycles. The lowest BCUT2D eigenvalue weighted by Gasteiger charge is -2.11. The fourth-order valence-corrected chi connectivity index (χ4v) is 2.16. The highest BCUT2D eigenvalue weighted by molar-refractivity contribution is 6.01. The zero-order chi connectivity index (χ0) is 16.1. The average molecular weight is 299 g/mol. The van der Waals surface area contributed by atoms with Crippen LogP contribution in [0.15, 0.2) is 42.5 Å². The fourth-order valence-electron chi connectivity index (χ4n) is 2.16. The molecule has 0 heterocycles. The van der Waals surface area contributed by atoms with Gasteiger partial charge in [0.1, 0.15) is 5.75 Å². The Morgan fingerprint density at radius 2 is 1.91 bits per heavy atom. The van der Waals surface area contributed by atoms with Gasteiger partial charge in [-0.1, -0.05) is 24.3 Å². The number of hydrogen-bond acceptors (Lipinski definition) is 3. The maximum Gasteiger partial charge on any atom is 0.337 e. The molecule has 5 heteroatoms. The molecule has 0 spiro atoms. The number of carbonyl (C=O) groups is 2. The molecule has 114 valence electrons. The quantitative estimate of drug-likeness (QED) is 0.890. The van der Waals surface area contributed by atoms with Crippen molar-refractivity contribution in [3.05, 3.63) is 59.2 Å². The van der Waals surface area contributed by atoms with Gasteiger partial charge in [-0.05, 0) is 36.2 Å². The van der Waals surface area contributed by atoms with Gasteiger partial charge >= 0.3 is 5.97 Å². The Labute approximate surface area is 128 Å². The summed E-state index contributed by atoms with van der Waals surface area (Å²) in [7, 11) is 1.56. The number of hydrogen-bond donors (Lipinski definition) is 2. The first kappa shape index (κ1) is 15.6. The summed E-state index contributed by atoms with van der Waals surface area (Å²) in [6.45, 7) is 1.76. The predicted molar refractivity (Wildman–Crippen MR) is 83.5 cm³/mol. The number of aryl methyl sites for hydroxylation is 1. The van der Waals surface area contributed by atoms with Crippen LogP contribution in [0.25, 0.3) is 0 Å². The van der Waals surface area contributed by atoms with Crippen molar-refractivity contribution in [2.45, 2.75) is 13.3 Å². The smallest absolute Gasteiger partial charge is 0.337 e. The lowest BCUT2D eigenvalue weighted by atomic mass is 10.1. The number of amides is 1. The lowest BCUT2D eigenvalue weighted by Crippen LogP contribution is -2.17. The Morgan fingerprint density at radius 3 is 2.59 bits per heavy atom. The van der Waals surface area contributed by atoms with E-state index in [9.17, 15) is 14.7 Å². The van der Waals surface area contributed by atoms with Gasteiger partial charge in [-0.2, -0.15) is 0 Å². The van der Waals surface area contributed by atoms with Crippen LogP contribution in [0.3, 0.4) is 0 Å². The molecule has 2 N–H and O–H groups in total. The van der Waals surface area contributed by atoms with E-state index in [1.165, 1.54) is 6.07 Å². The zero-order valence-corrected chi connectivity index (χ0v) is 12.4. The lowest BCUT2D eigenvalue weighted by molar-refractivity contribution is -0.115. The maximum absolute atomic E-state index is 12.2. The molecule has 0 fully saturated rings. The van der Waals surface area contributed by atoms with Gasteiger partial charge in [0.25, 0.3) is 0 Å². The molecule has 0 radical (unpaired) electrons. The predicted octanol–water partition coefficient (Wildman–Crippen LogP) is 2.88. The van der Waals surface area contributed by atoms with Gasteiger partial charge in [0.05, 0.1) is 24.8 Å². The zero-order valence-electron chi connectivity index (χ0n) is 12.4. The van der Waals surface area contributed by atoms with Crippen molar-refractivity contribution in [2.24, 2.45) is 0 Å². The molecule has 2 aromatic rings. The van der Waals surface area contributed by atoms with Crippen LogP contribution in [-0.2, 0) is 11.2 Å². The van der Waals surface area contributed by atoms with Crippen LogP contribution < -0.4 is 10.1 Å². The molecule has 0 saturated carbocycles. The Balaban J connectivity index is 2.17. The number of methoxy groups -OCH3 is 1. The molecule has 0 aliphatic rings. The molecule has 5 nitrogen and oxygen atoms in total. The second kappa shape index (κ2) is 6.76. The number of carboxylic acid groups (broad SMARTS) is 1. The minimum Gasteiger partial charge on any atom is -0.497 e. The first-order valence-electron chi connectivity index (χ1n) is 6.77. The molecule has 2 aromatic carbocycles. The minimum atomic E-state index is -1.07. The number of carbonyl (C=O) groups excluding carboxylic acids is 1. The number of ether oxygens (including phenoxy) is 1. The van der Waals surface area contributed by atoms with E-state index in [0.29, 0.717) is 17.0 Å². The highest BCUT2D eigenvalue weighted by Crippen LogP contribution is 2.21. The van der Waals surface area contributed by atoms with Crippen LogP contribution in [0.2, 0.25) is 0 Å². The van der Waals surface area contributed by atoms with Crippen LogP contribution in [0.4, 0.5) is 5.69 Å². The first-order chi connectivity index (χ1) is 10.5. The minimum absolute atomic E-state index is 0.0824. The third-order valence-electron chi connectivity index (χ3n) is 3.27. The fraction of sp³-hybridized carbons (Fsp3) is 0.176. The summed E-state index contributed by atoms with van der Waals surface area (Å²) < 4.78 is 5.11. The molecular weight excluding hydrogens is 282 g/mol. The van der Waals surface area contributed by atoms with Crippen molar-refractivity contribution in [1.29, 1.82) is 0 Å². The van der Waals surface area contributed by atoms with Crippen molar-refractivity contribution in [1.82, 2.24) is 0 Å². The van der Waals surface area contributed by atoms with Gasteiger partial charge in [-0.15, -0.1) is 0 Å². The van der Waals surface area contributed by atoms with E-state index < -0.39 is 5.97 Å². The van der Waals surface area contributed by atoms with E-state index >= 15 is 0 Å². The molecular formula is C17H17NO4. The maximum atomic E-state index is 12.2. The third-order valence-corrected chi connectivity index (χ3v) is 3.27. The Morgan fingerprint density at radius 1 is 1.18 bits per heavy atom. The molecule has 0 atom stereocenters. The van der Waals surface area contributed by atoms with Crippen LogP contribution in [0, 0.1) is 6.92 Å². The van der Waals surface area contributed by atoms with Gasteiger partial charge in [-0.3, -0.25) is 4.79 Å². The molecule has 0 saturated heterocycles. The normalized spacial score (nSPS) is 10.1. The van der Waals surface area contributed by atoms with Crippen molar-refractivity contribution in [3.63, 3.8) is 0 Å². The summed E-state index contributed by atoms with van der Waals surface area (Å²) in [5, 5.41) is 11.9. The second-order valence-corrected chi connectivity index (χ2v) is 4.88. The van der Waals surface area contributed by atoms with E-state index in [1.807, 2.05) is 6.07 Å². The summed E-state index contributed by atoms with van der Waals surface area (Å²) in [6.07, 6.45) is 0.143. The number of anilines is 1. The Hall–Kier alpha value is -2.82. The summed E-state index contributed by atoms with van der Waals surface area (Å²) in [4.78, 5) is 23.4. The highest BCUT2D eigenvalue weighted by atomic mass is 16.5. The van der Waals surface area contributed by atoms with Crippen molar-refractivity contribution < 1.29 is 19.4 Å². The average Bonchev–Trinajstić information content (AvgIpc) is 2.49. The topological polar surface area (TPSA) is 75.6 Å². The van der Waals surface area contributed by atoms with E-state index in [2.05, 4.69) is 5.32 Å². The molecule has 0 unspecified atom stereocenters. The van der Waals surface area contributed by atoms with E-state index in [1.54, 1.807) is 44.4 Å². The van der Waals surface area contributed by atoms with Crippen LogP contribution >= 0.6 is 0 Å². The van der Waals surface area contributed by atoms with Crippen LogP contribution in [0.5, 0.6) is 5.75 Å². The SMILES string of the molecule is COc1cccc(CC(=O)Nc2c(C)cccc2C(=O)O)c1. The Bertz CT molecular complexity index is 710. The number of aromatic carboxylic acids is 1. The van der Waals surface area contributed by atoms with Gasteiger partial charge in [-0.25, -0.2) is 4.79 Å². The molecule has 0 aromatic heterocycles. The summed E-state index contributed by atoms with van der Waals surface area (Å²) in [6, 6.07) is 12.1. The molecule has 2 rings (SSSR count). The third kappa shape index (κ3) is 3.63. The van der Waals surface area contributed by atoms with E-state index in [0.717, 1.165) is 5.56 Å². The van der Waals surface area contributed by atoms with Crippen molar-refractivity contribution >= 4 is 17.6 Å². The first-order valence-corrected chi connectivity index (χ1v) is 6.77. The summed E-state index contributed by atoms with van der Waals surface area (Å²) >= 11 is 0. The molecule has 22 heavy (non-hydrogen) atoms. The van der Waals surface area contributed by atoms with E-state index in [-0.39, 0.29) is 17.9 Å². The standard InChI is InChI=1S/C17H17NO4/c1-11-5-3-8-14(17(20)21)16(11)18-15(19)10-12-6-4-7-13(9-12)22-2/h3-9H,10H2,1-2H3,(H,18,19)(H,20,21). The number of para-hydroxylation sites is 1. The van der Waals surface area contributed by atoms with Crippen LogP contribution in [-0.4, -0.2) is 24.1 Å². The number of carboxylic acids is 1. The van der Waals surface area contributed by atoms with Crippen molar-refractivity contribution in [3.8, 4) is 5.75 Å². The van der Waals surface area contributed by atoms with Gasteiger partial charge < -0.3 is 15.2 Å². The number of nitrogens with one attached hydrogen (secondary N) is 1. The van der Waals surface area contributed by atoms with Gasteiger partial charge in [0.2, 0.25) is 5.91 Å². The number of benzene rings is 2. The van der Waals surface area contributed by atoms with Gasteiger partial charge in [0.15, 0.2) is 0 Å². The highest BCUT2D eigenvalue weighted by Gasteiger charge is 2.14. The van der Waals surface area contributed by atoms with Crippen molar-refractivity contribution in [2.75, 3.05) is 12.4 Å². The molecule has 0 aliphatic heterocycles. The Kier molecular flexibility index (Phi) is 4.78. The monoisotopic (exact) mass is 299 g/mol. The van der Waals surface area contributed by atoms with Gasteiger partial charge in [0, 0.05) is 0 Å². The van der Waals surface area contributed by atoms with E-state index in [4.69, 9.17) is 4.74 Å². The second-order valence-electron chi connectivity index (χ2n) is 4.88. The summed E-state index contributed by atoms with van der Waals surface area (Å²) in [5.74, 6) is -0.669.